The average Bonchev–Trinajstić information content (AvgIpc) is 2.99. The first-order valence-electron chi connectivity index (χ1n) is 13.6. The zero-order chi connectivity index (χ0) is 30.9. The van der Waals surface area contributed by atoms with Crippen molar-refractivity contribution in [1.29, 1.82) is 0 Å². The van der Waals surface area contributed by atoms with Crippen molar-refractivity contribution in [2.24, 2.45) is 5.92 Å². The molecule has 1 N–H and O–H groups in total. The third-order valence-corrected chi connectivity index (χ3v) is 8.39. The summed E-state index contributed by atoms with van der Waals surface area (Å²) in [5.41, 5.74) is 0.757. The molecular formula is C31H38FN3O6S. The largest absolute Gasteiger partial charge is 0.493 e. The van der Waals surface area contributed by atoms with Crippen LogP contribution in [0, 0.1) is 11.7 Å². The number of benzene rings is 3. The zero-order valence-electron chi connectivity index (χ0n) is 24.5. The van der Waals surface area contributed by atoms with Crippen molar-refractivity contribution in [3.05, 3.63) is 84.2 Å². The quantitative estimate of drug-likeness (QED) is 0.290. The lowest BCUT2D eigenvalue weighted by molar-refractivity contribution is -0.140. The third kappa shape index (κ3) is 8.00. The molecule has 0 fully saturated rings. The lowest BCUT2D eigenvalue weighted by atomic mass is 10.1. The Morgan fingerprint density at radius 1 is 0.929 bits per heavy atom. The van der Waals surface area contributed by atoms with E-state index >= 15 is 0 Å². The van der Waals surface area contributed by atoms with Gasteiger partial charge in [0.15, 0.2) is 11.5 Å². The fraction of sp³-hybridized carbons (Fsp3) is 0.355. The molecule has 0 heterocycles. The standard InChI is InChI=1S/C31H38FN3O6S/c1-6-27(31(37)33-19-22(2)3)34(20-23-12-14-24(32)15-13-23)30(36)21-35(42(38,39)26-10-8-7-9-11-26)25-16-17-28(40-4)29(18-25)41-5/h7-18,22,27H,6,19-21H2,1-5H3,(H,33,37)/t27-/m1/s1. The lowest BCUT2D eigenvalue weighted by Gasteiger charge is -2.33. The van der Waals surface area contributed by atoms with Crippen LogP contribution in [-0.4, -0.2) is 58.5 Å². The van der Waals surface area contributed by atoms with Gasteiger partial charge in [-0.15, -0.1) is 0 Å². The van der Waals surface area contributed by atoms with E-state index in [4.69, 9.17) is 9.47 Å². The Morgan fingerprint density at radius 2 is 1.57 bits per heavy atom. The number of sulfonamides is 1. The molecule has 0 aliphatic heterocycles. The number of amides is 2. The van der Waals surface area contributed by atoms with Crippen LogP contribution in [-0.2, 0) is 26.2 Å². The maximum absolute atomic E-state index is 14.1. The van der Waals surface area contributed by atoms with Crippen molar-refractivity contribution >= 4 is 27.5 Å². The van der Waals surface area contributed by atoms with Crippen molar-refractivity contribution in [2.75, 3.05) is 31.6 Å². The maximum Gasteiger partial charge on any atom is 0.264 e. The highest BCUT2D eigenvalue weighted by Crippen LogP contribution is 2.34. The van der Waals surface area contributed by atoms with Crippen LogP contribution in [0.5, 0.6) is 11.5 Å². The molecule has 1 atom stereocenters. The molecule has 11 heteroatoms. The van der Waals surface area contributed by atoms with Gasteiger partial charge in [-0.2, -0.15) is 0 Å². The molecule has 3 aromatic rings. The van der Waals surface area contributed by atoms with Gasteiger partial charge in [-0.25, -0.2) is 12.8 Å². The Kier molecular flexibility index (Phi) is 11.3. The predicted octanol–water partition coefficient (Wildman–Crippen LogP) is 4.62. The number of hydrogen-bond acceptors (Lipinski definition) is 6. The Hall–Kier alpha value is -4.12. The number of carbonyl (C=O) groups excluding carboxylic acids is 2. The van der Waals surface area contributed by atoms with Gasteiger partial charge in [0.05, 0.1) is 24.8 Å². The van der Waals surface area contributed by atoms with Crippen molar-refractivity contribution < 1.29 is 31.9 Å². The predicted molar refractivity (Wildman–Crippen MR) is 159 cm³/mol. The number of halogens is 1. The molecule has 0 saturated carbocycles. The number of anilines is 1. The normalized spacial score (nSPS) is 12.0. The van der Waals surface area contributed by atoms with Crippen LogP contribution in [0.15, 0.2) is 77.7 Å². The summed E-state index contributed by atoms with van der Waals surface area (Å²) >= 11 is 0. The Balaban J connectivity index is 2.08. The summed E-state index contributed by atoms with van der Waals surface area (Å²) in [6.45, 7) is 5.46. The van der Waals surface area contributed by atoms with Gasteiger partial charge < -0.3 is 19.7 Å². The Morgan fingerprint density at radius 3 is 2.14 bits per heavy atom. The van der Waals surface area contributed by atoms with E-state index in [2.05, 4.69) is 5.32 Å². The third-order valence-electron chi connectivity index (χ3n) is 6.60. The summed E-state index contributed by atoms with van der Waals surface area (Å²) in [4.78, 5) is 28.7. The molecule has 2 amide bonds. The second-order valence-electron chi connectivity index (χ2n) is 10.1. The van der Waals surface area contributed by atoms with Gasteiger partial charge in [-0.3, -0.25) is 13.9 Å². The Bertz CT molecular complexity index is 1450. The van der Waals surface area contributed by atoms with Crippen LogP contribution in [0.4, 0.5) is 10.1 Å². The number of nitrogens with one attached hydrogen (secondary N) is 1. The first-order chi connectivity index (χ1) is 20.0. The lowest BCUT2D eigenvalue weighted by Crippen LogP contribution is -2.52. The minimum absolute atomic E-state index is 0.0145. The van der Waals surface area contributed by atoms with Gasteiger partial charge in [0, 0.05) is 19.2 Å². The molecule has 0 aromatic heterocycles. The van der Waals surface area contributed by atoms with E-state index in [0.29, 0.717) is 17.9 Å². The van der Waals surface area contributed by atoms with E-state index in [1.807, 2.05) is 13.8 Å². The molecule has 0 unspecified atom stereocenters. The SMILES string of the molecule is CC[C@H](C(=O)NCC(C)C)N(Cc1ccc(F)cc1)C(=O)CN(c1ccc(OC)c(OC)c1)S(=O)(=O)c1ccccc1. The van der Waals surface area contributed by atoms with Gasteiger partial charge in [-0.05, 0) is 54.3 Å². The van der Waals surface area contributed by atoms with Crippen LogP contribution in [0.2, 0.25) is 0 Å². The van der Waals surface area contributed by atoms with E-state index in [1.54, 1.807) is 31.2 Å². The minimum Gasteiger partial charge on any atom is -0.493 e. The molecule has 42 heavy (non-hydrogen) atoms. The second-order valence-corrected chi connectivity index (χ2v) is 11.9. The molecule has 0 spiro atoms. The van der Waals surface area contributed by atoms with Gasteiger partial charge in [-0.1, -0.05) is 51.1 Å². The van der Waals surface area contributed by atoms with E-state index < -0.39 is 34.3 Å². The molecule has 226 valence electrons. The minimum atomic E-state index is -4.24. The van der Waals surface area contributed by atoms with Gasteiger partial charge in [0.25, 0.3) is 10.0 Å². The molecule has 0 radical (unpaired) electrons. The molecule has 0 saturated heterocycles. The molecule has 0 aliphatic rings. The van der Waals surface area contributed by atoms with Crippen LogP contribution < -0.4 is 19.1 Å². The summed E-state index contributed by atoms with van der Waals surface area (Å²) in [6.07, 6.45) is 0.276. The average molecular weight is 600 g/mol. The van der Waals surface area contributed by atoms with Crippen molar-refractivity contribution in [3.8, 4) is 11.5 Å². The highest BCUT2D eigenvalue weighted by molar-refractivity contribution is 7.92. The van der Waals surface area contributed by atoms with E-state index in [-0.39, 0.29) is 41.1 Å². The Labute approximate surface area is 247 Å². The number of ether oxygens (including phenoxy) is 2. The monoisotopic (exact) mass is 599 g/mol. The summed E-state index contributed by atoms with van der Waals surface area (Å²) in [7, 11) is -1.35. The first kappa shape index (κ1) is 32.4. The molecule has 3 rings (SSSR count). The topological polar surface area (TPSA) is 105 Å². The molecule has 0 bridgehead atoms. The van der Waals surface area contributed by atoms with E-state index in [0.717, 1.165) is 4.31 Å². The zero-order valence-corrected chi connectivity index (χ0v) is 25.4. The number of hydrogen-bond donors (Lipinski definition) is 1. The molecule has 9 nitrogen and oxygen atoms in total. The van der Waals surface area contributed by atoms with Crippen LogP contribution in [0.3, 0.4) is 0 Å². The van der Waals surface area contributed by atoms with Crippen LogP contribution in [0.25, 0.3) is 0 Å². The van der Waals surface area contributed by atoms with Gasteiger partial charge in [0.2, 0.25) is 11.8 Å². The smallest absolute Gasteiger partial charge is 0.264 e. The maximum atomic E-state index is 14.1. The summed E-state index contributed by atoms with van der Waals surface area (Å²) in [5, 5.41) is 2.88. The number of carbonyl (C=O) groups is 2. The van der Waals surface area contributed by atoms with E-state index in [9.17, 15) is 22.4 Å². The van der Waals surface area contributed by atoms with Crippen molar-refractivity contribution in [3.63, 3.8) is 0 Å². The van der Waals surface area contributed by atoms with Crippen LogP contribution >= 0.6 is 0 Å². The number of rotatable bonds is 14. The molecular weight excluding hydrogens is 561 g/mol. The van der Waals surface area contributed by atoms with Crippen molar-refractivity contribution in [1.82, 2.24) is 10.2 Å². The summed E-state index contributed by atoms with van der Waals surface area (Å²) in [6, 6.07) is 17.0. The van der Waals surface area contributed by atoms with Gasteiger partial charge >= 0.3 is 0 Å². The molecule has 0 aliphatic carbocycles. The summed E-state index contributed by atoms with van der Waals surface area (Å²) in [5.74, 6) is -0.560. The number of nitrogens with zero attached hydrogens (tertiary/aromatic N) is 2. The second kappa shape index (κ2) is 14.7. The van der Waals surface area contributed by atoms with E-state index in [1.165, 1.54) is 67.7 Å². The fourth-order valence-electron chi connectivity index (χ4n) is 4.36. The highest BCUT2D eigenvalue weighted by Gasteiger charge is 2.34. The van der Waals surface area contributed by atoms with Gasteiger partial charge in [0.1, 0.15) is 18.4 Å². The van der Waals surface area contributed by atoms with Crippen LogP contribution in [0.1, 0.15) is 32.8 Å². The first-order valence-corrected chi connectivity index (χ1v) is 15.1. The fourth-order valence-corrected chi connectivity index (χ4v) is 5.78. The highest BCUT2D eigenvalue weighted by atomic mass is 32.2. The number of methoxy groups -OCH3 is 2. The summed E-state index contributed by atoms with van der Waals surface area (Å²) < 4.78 is 53.2. The van der Waals surface area contributed by atoms with Crippen molar-refractivity contribution in [2.45, 2.75) is 44.7 Å². The molecule has 3 aromatic carbocycles.